The molecule has 2 nitrogen and oxygen atoms in total. The van der Waals surface area contributed by atoms with Gasteiger partial charge in [0, 0.05) is 32.2 Å². The van der Waals surface area contributed by atoms with Crippen LogP contribution in [0.25, 0.3) is 22.6 Å². The predicted molar refractivity (Wildman–Crippen MR) is 91.2 cm³/mol. The van der Waals surface area contributed by atoms with Gasteiger partial charge in [-0.2, -0.15) is 0 Å². The Balaban J connectivity index is 2.10. The number of hydrogen-bond acceptors (Lipinski definition) is 2. The molecule has 3 rings (SSSR count). The van der Waals surface area contributed by atoms with Crippen LogP contribution in [0, 0.1) is 0 Å². The molecule has 0 fully saturated rings. The summed E-state index contributed by atoms with van der Waals surface area (Å²) in [4.78, 5) is 11.9. The van der Waals surface area contributed by atoms with Crippen LogP contribution in [0.3, 0.4) is 0 Å². The van der Waals surface area contributed by atoms with Crippen molar-refractivity contribution in [3.8, 4) is 22.6 Å². The third-order valence-corrected chi connectivity index (χ3v) is 4.08. The van der Waals surface area contributed by atoms with E-state index in [1.807, 2.05) is 48.5 Å². The molecule has 0 radical (unpaired) electrons. The van der Waals surface area contributed by atoms with Crippen LogP contribution in [0.5, 0.6) is 0 Å². The van der Waals surface area contributed by atoms with E-state index in [1.165, 1.54) is 12.1 Å². The largest absolute Gasteiger partial charge is 0.456 e. The number of benzene rings is 2. The average molecular weight is 406 g/mol. The molecule has 0 aliphatic carbocycles. The first kappa shape index (κ1) is 14.3. The monoisotopic (exact) mass is 404 g/mol. The van der Waals surface area contributed by atoms with E-state index in [0.29, 0.717) is 11.5 Å². The van der Waals surface area contributed by atoms with Gasteiger partial charge in [-0.15, -0.1) is 0 Å². The van der Waals surface area contributed by atoms with Crippen molar-refractivity contribution in [3.63, 3.8) is 0 Å². The Morgan fingerprint density at radius 3 is 1.43 bits per heavy atom. The second kappa shape index (κ2) is 6.00. The number of hydrogen-bond donors (Lipinski definition) is 0. The SMILES string of the molecule is O=c1cc(-c2ccc(Br)cc2)oc(-c2ccc(Br)cc2)c1. The summed E-state index contributed by atoms with van der Waals surface area (Å²) in [5.74, 6) is 1.13. The van der Waals surface area contributed by atoms with Gasteiger partial charge in [-0.05, 0) is 24.3 Å². The van der Waals surface area contributed by atoms with E-state index in [-0.39, 0.29) is 5.43 Å². The molecule has 2 aromatic carbocycles. The van der Waals surface area contributed by atoms with Crippen molar-refractivity contribution in [1.29, 1.82) is 0 Å². The molecule has 0 bridgehead atoms. The van der Waals surface area contributed by atoms with E-state index in [9.17, 15) is 4.79 Å². The molecule has 0 atom stereocenters. The fourth-order valence-corrected chi connectivity index (χ4v) is 2.52. The maximum Gasteiger partial charge on any atom is 0.186 e. The zero-order chi connectivity index (χ0) is 14.8. The molecule has 21 heavy (non-hydrogen) atoms. The summed E-state index contributed by atoms with van der Waals surface area (Å²) in [6.07, 6.45) is 0. The smallest absolute Gasteiger partial charge is 0.186 e. The van der Waals surface area contributed by atoms with E-state index in [0.717, 1.165) is 20.1 Å². The van der Waals surface area contributed by atoms with Gasteiger partial charge in [-0.1, -0.05) is 56.1 Å². The highest BCUT2D eigenvalue weighted by Crippen LogP contribution is 2.26. The van der Waals surface area contributed by atoms with E-state index in [4.69, 9.17) is 4.42 Å². The molecule has 3 aromatic rings. The highest BCUT2D eigenvalue weighted by Gasteiger charge is 2.07. The van der Waals surface area contributed by atoms with Gasteiger partial charge >= 0.3 is 0 Å². The summed E-state index contributed by atoms with van der Waals surface area (Å²) < 4.78 is 7.85. The van der Waals surface area contributed by atoms with Crippen LogP contribution in [0.15, 0.2) is 78.8 Å². The molecule has 0 aliphatic heterocycles. The van der Waals surface area contributed by atoms with Gasteiger partial charge in [-0.3, -0.25) is 4.79 Å². The standard InChI is InChI=1S/C17H10Br2O2/c18-13-5-1-11(2-6-13)16-9-15(20)10-17(21-16)12-3-7-14(19)8-4-12/h1-10H. The first-order chi connectivity index (χ1) is 10.1. The lowest BCUT2D eigenvalue weighted by Crippen LogP contribution is -1.98. The zero-order valence-corrected chi connectivity index (χ0v) is 14.0. The summed E-state index contributed by atoms with van der Waals surface area (Å²) in [5, 5.41) is 0. The van der Waals surface area contributed by atoms with Crippen molar-refractivity contribution >= 4 is 31.9 Å². The quantitative estimate of drug-likeness (QED) is 0.563. The Kier molecular flexibility index (Phi) is 4.08. The van der Waals surface area contributed by atoms with Crippen LogP contribution in [-0.4, -0.2) is 0 Å². The molecule has 1 aromatic heterocycles. The topological polar surface area (TPSA) is 30.2 Å². The molecule has 0 amide bonds. The van der Waals surface area contributed by atoms with E-state index < -0.39 is 0 Å². The van der Waals surface area contributed by atoms with Gasteiger partial charge < -0.3 is 4.42 Å². The average Bonchev–Trinajstić information content (AvgIpc) is 2.48. The van der Waals surface area contributed by atoms with Crippen LogP contribution in [0.1, 0.15) is 0 Å². The minimum atomic E-state index is -0.0721. The Labute approximate surface area is 138 Å². The molecule has 0 aliphatic rings. The minimum Gasteiger partial charge on any atom is -0.456 e. The Morgan fingerprint density at radius 2 is 1.05 bits per heavy atom. The lowest BCUT2D eigenvalue weighted by Gasteiger charge is -2.05. The first-order valence-electron chi connectivity index (χ1n) is 6.29. The van der Waals surface area contributed by atoms with Crippen molar-refractivity contribution in [2.75, 3.05) is 0 Å². The predicted octanol–water partition coefficient (Wildman–Crippen LogP) is 5.50. The fraction of sp³-hybridized carbons (Fsp3) is 0. The zero-order valence-electron chi connectivity index (χ0n) is 10.8. The van der Waals surface area contributed by atoms with Gasteiger partial charge in [0.1, 0.15) is 11.5 Å². The minimum absolute atomic E-state index is 0.0721. The lowest BCUT2D eigenvalue weighted by atomic mass is 10.1. The van der Waals surface area contributed by atoms with Crippen molar-refractivity contribution in [1.82, 2.24) is 0 Å². The van der Waals surface area contributed by atoms with Crippen molar-refractivity contribution in [2.45, 2.75) is 0 Å². The highest BCUT2D eigenvalue weighted by atomic mass is 79.9. The molecule has 4 heteroatoms. The van der Waals surface area contributed by atoms with E-state index >= 15 is 0 Å². The molecule has 0 unspecified atom stereocenters. The third kappa shape index (κ3) is 3.34. The van der Waals surface area contributed by atoms with Gasteiger partial charge in [0.05, 0.1) is 0 Å². The Morgan fingerprint density at radius 1 is 0.667 bits per heavy atom. The molecule has 0 saturated heterocycles. The molecule has 104 valence electrons. The fourth-order valence-electron chi connectivity index (χ4n) is 1.99. The Bertz CT molecular complexity index is 752. The number of rotatable bonds is 2. The van der Waals surface area contributed by atoms with Crippen LogP contribution >= 0.6 is 31.9 Å². The van der Waals surface area contributed by atoms with Gasteiger partial charge in [-0.25, -0.2) is 0 Å². The maximum absolute atomic E-state index is 11.9. The van der Waals surface area contributed by atoms with Crippen molar-refractivity contribution < 1.29 is 4.42 Å². The van der Waals surface area contributed by atoms with Crippen molar-refractivity contribution in [2.24, 2.45) is 0 Å². The van der Waals surface area contributed by atoms with Crippen LogP contribution < -0.4 is 5.43 Å². The number of halogens is 2. The summed E-state index contributed by atoms with van der Waals surface area (Å²) in [6.45, 7) is 0. The molecular formula is C17H10Br2O2. The van der Waals surface area contributed by atoms with Gasteiger partial charge in [0.25, 0.3) is 0 Å². The molecular weight excluding hydrogens is 396 g/mol. The van der Waals surface area contributed by atoms with Gasteiger partial charge in [0.15, 0.2) is 5.43 Å². The molecule has 0 saturated carbocycles. The summed E-state index contributed by atoms with van der Waals surface area (Å²) >= 11 is 6.79. The summed E-state index contributed by atoms with van der Waals surface area (Å²) in [7, 11) is 0. The van der Waals surface area contributed by atoms with Crippen LogP contribution in [-0.2, 0) is 0 Å². The maximum atomic E-state index is 11.9. The first-order valence-corrected chi connectivity index (χ1v) is 7.87. The molecule has 1 heterocycles. The highest BCUT2D eigenvalue weighted by molar-refractivity contribution is 9.10. The normalized spacial score (nSPS) is 10.6. The molecule has 0 spiro atoms. The van der Waals surface area contributed by atoms with E-state index in [1.54, 1.807) is 0 Å². The van der Waals surface area contributed by atoms with Crippen LogP contribution in [0.2, 0.25) is 0 Å². The second-order valence-electron chi connectivity index (χ2n) is 4.54. The third-order valence-electron chi connectivity index (χ3n) is 3.02. The van der Waals surface area contributed by atoms with E-state index in [2.05, 4.69) is 31.9 Å². The lowest BCUT2D eigenvalue weighted by molar-refractivity contribution is 0.580. The van der Waals surface area contributed by atoms with Crippen molar-refractivity contribution in [3.05, 3.63) is 79.8 Å². The molecule has 0 N–H and O–H groups in total. The van der Waals surface area contributed by atoms with Gasteiger partial charge in [0.2, 0.25) is 0 Å². The second-order valence-corrected chi connectivity index (χ2v) is 6.37. The summed E-state index contributed by atoms with van der Waals surface area (Å²) in [5.41, 5.74) is 1.67. The summed E-state index contributed by atoms with van der Waals surface area (Å²) in [6, 6.07) is 18.3. The van der Waals surface area contributed by atoms with Crippen LogP contribution in [0.4, 0.5) is 0 Å². The Hall–Kier alpha value is -1.65.